The lowest BCUT2D eigenvalue weighted by Crippen LogP contribution is -2.34. The number of nitrogens with one attached hydrogen (secondary N) is 1. The van der Waals surface area contributed by atoms with Gasteiger partial charge in [-0.05, 0) is 44.4 Å². The van der Waals surface area contributed by atoms with E-state index < -0.39 is 17.8 Å². The van der Waals surface area contributed by atoms with Gasteiger partial charge in [0.25, 0.3) is 5.91 Å². The largest absolute Gasteiger partial charge is 0.435 e. The predicted molar refractivity (Wildman–Crippen MR) is 113 cm³/mol. The number of nitrogens with zero attached hydrogens (tertiary/aromatic N) is 2. The van der Waals surface area contributed by atoms with Crippen LogP contribution >= 0.6 is 11.6 Å². The third-order valence-electron chi connectivity index (χ3n) is 4.32. The van der Waals surface area contributed by atoms with E-state index in [1.54, 1.807) is 25.1 Å². The number of carbonyl (C=O) groups is 1. The van der Waals surface area contributed by atoms with Crippen molar-refractivity contribution in [1.82, 2.24) is 15.1 Å². The summed E-state index contributed by atoms with van der Waals surface area (Å²) in [6.45, 7) is 7.45. The average molecular weight is 438 g/mol. The smallest absolute Gasteiger partial charge is 0.348 e. The fourth-order valence-corrected chi connectivity index (χ4v) is 2.93. The van der Waals surface area contributed by atoms with Gasteiger partial charge in [-0.1, -0.05) is 54.6 Å². The van der Waals surface area contributed by atoms with Crippen molar-refractivity contribution >= 4 is 17.5 Å². The molecule has 0 fully saturated rings. The maximum atomic E-state index is 13.2. The number of rotatable bonds is 8. The quantitative estimate of drug-likeness (QED) is 0.505. The van der Waals surface area contributed by atoms with Gasteiger partial charge in [0.1, 0.15) is 5.69 Å². The number of halogens is 4. The first-order chi connectivity index (χ1) is 14.2. The Hall–Kier alpha value is -2.80. The fraction of sp³-hybridized carbons (Fsp3) is 0.273. The molecule has 8 heteroatoms. The molecule has 0 radical (unpaired) electrons. The van der Waals surface area contributed by atoms with E-state index in [-0.39, 0.29) is 22.4 Å². The van der Waals surface area contributed by atoms with Crippen LogP contribution in [-0.4, -0.2) is 21.7 Å². The zero-order chi connectivity index (χ0) is 22.3. The molecule has 4 nitrogen and oxygen atoms in total. The van der Waals surface area contributed by atoms with Gasteiger partial charge in [0, 0.05) is 12.1 Å². The van der Waals surface area contributed by atoms with E-state index in [0.29, 0.717) is 12.8 Å². The number of amides is 1. The second-order valence-electron chi connectivity index (χ2n) is 6.66. The Morgan fingerprint density at radius 2 is 2.07 bits per heavy atom. The lowest BCUT2D eigenvalue weighted by atomic mass is 10.1. The maximum Gasteiger partial charge on any atom is 0.435 e. The molecule has 0 aliphatic carbocycles. The Bertz CT molecular complexity index is 961. The lowest BCUT2D eigenvalue weighted by molar-refractivity contribution is -0.141. The molecule has 1 aromatic heterocycles. The van der Waals surface area contributed by atoms with E-state index in [0.717, 1.165) is 16.3 Å². The molecule has 1 atom stereocenters. The number of alkyl halides is 3. The molecule has 160 valence electrons. The summed E-state index contributed by atoms with van der Waals surface area (Å²) in [4.78, 5) is 12.8. The summed E-state index contributed by atoms with van der Waals surface area (Å²) in [7, 11) is 0. The van der Waals surface area contributed by atoms with Crippen molar-refractivity contribution in [2.24, 2.45) is 0 Å². The van der Waals surface area contributed by atoms with Gasteiger partial charge in [0.05, 0.1) is 10.7 Å². The van der Waals surface area contributed by atoms with Crippen molar-refractivity contribution < 1.29 is 18.0 Å². The molecule has 0 bridgehead atoms. The highest BCUT2D eigenvalue weighted by Gasteiger charge is 2.36. The van der Waals surface area contributed by atoms with Crippen molar-refractivity contribution in [3.63, 3.8) is 0 Å². The molecule has 1 unspecified atom stereocenters. The molecule has 0 aliphatic heterocycles. The normalized spacial score (nSPS) is 13.5. The van der Waals surface area contributed by atoms with Gasteiger partial charge in [0.15, 0.2) is 5.69 Å². The van der Waals surface area contributed by atoms with Gasteiger partial charge in [-0.3, -0.25) is 4.79 Å². The molecule has 2 aromatic rings. The minimum Gasteiger partial charge on any atom is -0.348 e. The zero-order valence-electron chi connectivity index (χ0n) is 16.7. The summed E-state index contributed by atoms with van der Waals surface area (Å²) in [5, 5.41) is 6.50. The summed E-state index contributed by atoms with van der Waals surface area (Å²) in [6.07, 6.45) is 3.99. The molecule has 0 spiro atoms. The Morgan fingerprint density at radius 1 is 1.37 bits per heavy atom. The van der Waals surface area contributed by atoms with Crippen molar-refractivity contribution in [2.45, 2.75) is 38.9 Å². The van der Waals surface area contributed by atoms with Crippen molar-refractivity contribution in [3.8, 4) is 5.69 Å². The van der Waals surface area contributed by atoms with Crippen molar-refractivity contribution in [1.29, 1.82) is 0 Å². The highest BCUT2D eigenvalue weighted by molar-refractivity contribution is 6.32. The number of hydrogen-bond acceptors (Lipinski definition) is 2. The molecule has 1 heterocycles. The summed E-state index contributed by atoms with van der Waals surface area (Å²) < 4.78 is 40.6. The first kappa shape index (κ1) is 23.5. The van der Waals surface area contributed by atoms with Crippen LogP contribution in [0.5, 0.6) is 0 Å². The van der Waals surface area contributed by atoms with Crippen LogP contribution in [0.2, 0.25) is 5.02 Å². The van der Waals surface area contributed by atoms with E-state index in [4.69, 9.17) is 11.6 Å². The van der Waals surface area contributed by atoms with Crippen LogP contribution in [0.4, 0.5) is 13.2 Å². The Labute approximate surface area is 178 Å². The van der Waals surface area contributed by atoms with Gasteiger partial charge in [-0.2, -0.15) is 18.3 Å². The first-order valence-corrected chi connectivity index (χ1v) is 9.72. The van der Waals surface area contributed by atoms with Crippen molar-refractivity contribution in [3.05, 3.63) is 83.2 Å². The molecule has 0 saturated heterocycles. The second-order valence-corrected chi connectivity index (χ2v) is 7.07. The number of carbonyl (C=O) groups excluding carboxylic acids is 1. The molecule has 1 N–H and O–H groups in total. The van der Waals surface area contributed by atoms with Gasteiger partial charge >= 0.3 is 6.18 Å². The van der Waals surface area contributed by atoms with Gasteiger partial charge in [-0.25, -0.2) is 4.68 Å². The number of benzene rings is 1. The molecule has 0 aliphatic rings. The van der Waals surface area contributed by atoms with Crippen LogP contribution < -0.4 is 5.32 Å². The summed E-state index contributed by atoms with van der Waals surface area (Å²) >= 11 is 6.11. The SMILES string of the molecule is C=C/C(=C\C=C/C)CCC(C)NC(=O)c1cc(C(F)(F)F)nn1-c1ccccc1Cl. The summed E-state index contributed by atoms with van der Waals surface area (Å²) in [5.41, 5.74) is -0.218. The molecule has 2 rings (SSSR count). The van der Waals surface area contributed by atoms with Gasteiger partial charge in [0.2, 0.25) is 0 Å². The van der Waals surface area contributed by atoms with Gasteiger partial charge in [-0.15, -0.1) is 0 Å². The Kier molecular flexibility index (Phi) is 8.06. The summed E-state index contributed by atoms with van der Waals surface area (Å²) in [5.74, 6) is -0.664. The van der Waals surface area contributed by atoms with Crippen molar-refractivity contribution in [2.75, 3.05) is 0 Å². The van der Waals surface area contributed by atoms with E-state index in [1.165, 1.54) is 12.1 Å². The van der Waals surface area contributed by atoms with E-state index in [1.807, 2.05) is 25.2 Å². The maximum absolute atomic E-state index is 13.2. The predicted octanol–water partition coefficient (Wildman–Crippen LogP) is 6.13. The Morgan fingerprint density at radius 3 is 2.67 bits per heavy atom. The third-order valence-corrected chi connectivity index (χ3v) is 4.64. The summed E-state index contributed by atoms with van der Waals surface area (Å²) in [6, 6.07) is 6.71. The van der Waals surface area contributed by atoms with Crippen LogP contribution in [0.15, 0.2) is 66.8 Å². The number of aromatic nitrogens is 2. The number of allylic oxidation sites excluding steroid dienone is 5. The third kappa shape index (κ3) is 6.10. The topological polar surface area (TPSA) is 46.9 Å². The minimum absolute atomic E-state index is 0.182. The molecule has 30 heavy (non-hydrogen) atoms. The Balaban J connectivity index is 2.25. The molecular weight excluding hydrogens is 415 g/mol. The minimum atomic E-state index is -4.69. The number of hydrogen-bond donors (Lipinski definition) is 1. The molecule has 1 aromatic carbocycles. The average Bonchev–Trinajstić information content (AvgIpc) is 3.14. The molecule has 1 amide bonds. The molecular formula is C22H23ClF3N3O. The molecule has 0 saturated carbocycles. The fourth-order valence-electron chi connectivity index (χ4n) is 2.71. The zero-order valence-corrected chi connectivity index (χ0v) is 17.5. The highest BCUT2D eigenvalue weighted by Crippen LogP contribution is 2.31. The van der Waals surface area contributed by atoms with Crippen LogP contribution in [0.3, 0.4) is 0 Å². The van der Waals surface area contributed by atoms with Crippen LogP contribution in [0, 0.1) is 0 Å². The van der Waals surface area contributed by atoms with E-state index in [9.17, 15) is 18.0 Å². The second kappa shape index (κ2) is 10.3. The van der Waals surface area contributed by atoms with Crippen LogP contribution in [-0.2, 0) is 6.18 Å². The van der Waals surface area contributed by atoms with E-state index >= 15 is 0 Å². The number of para-hydroxylation sites is 1. The van der Waals surface area contributed by atoms with E-state index in [2.05, 4.69) is 17.0 Å². The standard InChI is InChI=1S/C22H23ClF3N3O/c1-4-6-9-16(5-2)13-12-15(3)27-21(30)19-14-20(22(24,25)26)28-29(19)18-11-8-7-10-17(18)23/h4-11,14-15H,2,12-13H2,1,3H3,(H,27,30)/b6-4-,16-9+. The lowest BCUT2D eigenvalue weighted by Gasteiger charge is -2.15. The monoisotopic (exact) mass is 437 g/mol. The van der Waals surface area contributed by atoms with Gasteiger partial charge < -0.3 is 5.32 Å². The van der Waals surface area contributed by atoms with Crippen LogP contribution in [0.1, 0.15) is 42.9 Å². The first-order valence-electron chi connectivity index (χ1n) is 9.34. The van der Waals surface area contributed by atoms with Crippen LogP contribution in [0.25, 0.3) is 5.69 Å². The highest BCUT2D eigenvalue weighted by atomic mass is 35.5.